The lowest BCUT2D eigenvalue weighted by Crippen LogP contribution is -2.51. The Kier molecular flexibility index (Phi) is 16.2. The lowest BCUT2D eigenvalue weighted by molar-refractivity contribution is -0.142. The average Bonchev–Trinajstić information content (AvgIpc) is 2.60. The van der Waals surface area contributed by atoms with Crippen molar-refractivity contribution in [2.45, 2.75) is 117 Å². The Morgan fingerprint density at radius 3 is 1.68 bits per heavy atom. The summed E-state index contributed by atoms with van der Waals surface area (Å²) in [6.45, 7) is 11.2. The van der Waals surface area contributed by atoms with Crippen LogP contribution in [-0.2, 0) is 9.59 Å². The van der Waals surface area contributed by atoms with Gasteiger partial charge in [-0.25, -0.2) is 4.79 Å². The van der Waals surface area contributed by atoms with E-state index in [4.69, 9.17) is 0 Å². The summed E-state index contributed by atoms with van der Waals surface area (Å²) < 4.78 is 0. The quantitative estimate of drug-likeness (QED) is 0.279. The summed E-state index contributed by atoms with van der Waals surface area (Å²) in [5, 5.41) is 15.5. The third-order valence-corrected chi connectivity index (χ3v) is 5.02. The van der Waals surface area contributed by atoms with E-state index >= 15 is 0 Å². The Balaban J connectivity index is 4.22. The predicted octanol–water partition coefficient (Wildman–Crippen LogP) is 5.14. The number of unbranched alkanes of at least 4 members (excludes halogenated alkanes) is 8. The van der Waals surface area contributed by atoms with Crippen molar-refractivity contribution < 1.29 is 14.7 Å². The van der Waals surface area contributed by atoms with Crippen molar-refractivity contribution in [3.8, 4) is 0 Å². The first kappa shape index (κ1) is 26.9. The smallest absolute Gasteiger partial charge is 0.326 e. The number of carbonyl (C=O) groups excluding carboxylic acids is 1. The number of carbonyl (C=O) groups is 2. The molecule has 0 spiro atoms. The fraction of sp³-hybridized carbons (Fsp3) is 0.913. The molecular weight excluding hydrogens is 352 g/mol. The molecule has 1 amide bonds. The third kappa shape index (κ3) is 14.9. The Morgan fingerprint density at radius 2 is 1.21 bits per heavy atom. The number of aliphatic carboxylic acids is 1. The van der Waals surface area contributed by atoms with Crippen LogP contribution in [0.1, 0.15) is 105 Å². The van der Waals surface area contributed by atoms with Gasteiger partial charge in [-0.1, -0.05) is 86.0 Å². The lowest BCUT2D eigenvalue weighted by Gasteiger charge is -2.23. The molecule has 0 heterocycles. The molecule has 28 heavy (non-hydrogen) atoms. The van der Waals surface area contributed by atoms with Crippen molar-refractivity contribution in [1.82, 2.24) is 10.6 Å². The van der Waals surface area contributed by atoms with E-state index in [2.05, 4.69) is 31.4 Å². The standard InChI is InChI=1S/C23H46N2O3/c1-6-7-8-9-10-11-12-13-14-15-24-20(16-18(2)3)22(26)25-21(23(27)28)17-19(4)5/h18-21,24H,6-17H2,1-5H3,(H,25,26)(H,27,28)/t20-,21-/m0/s1. The molecule has 0 bridgehead atoms. The molecule has 0 aliphatic carbocycles. The summed E-state index contributed by atoms with van der Waals surface area (Å²) >= 11 is 0. The maximum Gasteiger partial charge on any atom is 0.326 e. The first-order valence-corrected chi connectivity index (χ1v) is 11.5. The Labute approximate surface area is 173 Å². The molecule has 0 saturated carbocycles. The zero-order valence-electron chi connectivity index (χ0n) is 19.1. The molecule has 2 atom stereocenters. The van der Waals surface area contributed by atoms with Gasteiger partial charge in [0.15, 0.2) is 0 Å². The first-order valence-electron chi connectivity index (χ1n) is 11.5. The minimum atomic E-state index is -0.954. The lowest BCUT2D eigenvalue weighted by atomic mass is 10.0. The van der Waals surface area contributed by atoms with E-state index in [1.807, 2.05) is 13.8 Å². The highest BCUT2D eigenvalue weighted by molar-refractivity contribution is 5.86. The van der Waals surface area contributed by atoms with E-state index in [1.165, 1.54) is 51.4 Å². The Bertz CT molecular complexity index is 411. The monoisotopic (exact) mass is 398 g/mol. The molecule has 0 aliphatic rings. The normalized spacial score (nSPS) is 13.7. The van der Waals surface area contributed by atoms with E-state index in [0.29, 0.717) is 12.3 Å². The SMILES string of the molecule is CCCCCCCCCCCN[C@@H](CC(C)C)C(=O)N[C@@H](CC(C)C)C(=O)O. The van der Waals surface area contributed by atoms with Crippen LogP contribution >= 0.6 is 0 Å². The Morgan fingerprint density at radius 1 is 0.750 bits per heavy atom. The third-order valence-electron chi connectivity index (χ3n) is 5.02. The molecule has 0 aromatic carbocycles. The van der Waals surface area contributed by atoms with Crippen molar-refractivity contribution in [1.29, 1.82) is 0 Å². The van der Waals surface area contributed by atoms with Crippen LogP contribution in [-0.4, -0.2) is 35.6 Å². The van der Waals surface area contributed by atoms with E-state index in [0.717, 1.165) is 19.4 Å². The van der Waals surface area contributed by atoms with Gasteiger partial charge in [0, 0.05) is 0 Å². The molecule has 0 aromatic heterocycles. The highest BCUT2D eigenvalue weighted by Crippen LogP contribution is 2.11. The number of amides is 1. The van der Waals surface area contributed by atoms with E-state index in [-0.39, 0.29) is 17.9 Å². The fourth-order valence-electron chi connectivity index (χ4n) is 3.43. The van der Waals surface area contributed by atoms with Crippen LogP contribution in [0.2, 0.25) is 0 Å². The van der Waals surface area contributed by atoms with E-state index in [1.54, 1.807) is 0 Å². The number of hydrogen-bond donors (Lipinski definition) is 3. The van der Waals surface area contributed by atoms with Crippen LogP contribution in [0.15, 0.2) is 0 Å². The molecule has 0 fully saturated rings. The summed E-state index contributed by atoms with van der Waals surface area (Å²) in [5.41, 5.74) is 0. The summed E-state index contributed by atoms with van der Waals surface area (Å²) in [6.07, 6.45) is 12.7. The van der Waals surface area contributed by atoms with Crippen molar-refractivity contribution in [2.24, 2.45) is 11.8 Å². The molecule has 166 valence electrons. The van der Waals surface area contributed by atoms with E-state index in [9.17, 15) is 14.7 Å². The average molecular weight is 399 g/mol. The highest BCUT2D eigenvalue weighted by atomic mass is 16.4. The zero-order chi connectivity index (χ0) is 21.4. The molecular formula is C23H46N2O3. The number of carboxylic acids is 1. The number of hydrogen-bond acceptors (Lipinski definition) is 3. The van der Waals surface area contributed by atoms with Gasteiger partial charge < -0.3 is 15.7 Å². The zero-order valence-corrected chi connectivity index (χ0v) is 19.1. The molecule has 5 nitrogen and oxygen atoms in total. The topological polar surface area (TPSA) is 78.4 Å². The van der Waals surface area contributed by atoms with Crippen LogP contribution in [0.25, 0.3) is 0 Å². The fourth-order valence-corrected chi connectivity index (χ4v) is 3.43. The summed E-state index contributed by atoms with van der Waals surface area (Å²) in [7, 11) is 0. The largest absolute Gasteiger partial charge is 0.480 e. The molecule has 3 N–H and O–H groups in total. The van der Waals surface area contributed by atoms with Gasteiger partial charge in [0.05, 0.1) is 6.04 Å². The molecule has 0 aliphatic heterocycles. The van der Waals surface area contributed by atoms with Crippen molar-refractivity contribution in [3.05, 3.63) is 0 Å². The number of carboxylic acid groups (broad SMARTS) is 1. The maximum atomic E-state index is 12.6. The van der Waals surface area contributed by atoms with Crippen molar-refractivity contribution in [3.63, 3.8) is 0 Å². The minimum absolute atomic E-state index is 0.183. The van der Waals surface area contributed by atoms with Gasteiger partial charge in [-0.15, -0.1) is 0 Å². The summed E-state index contributed by atoms with van der Waals surface area (Å²) in [6, 6.07) is -1.13. The second-order valence-corrected chi connectivity index (χ2v) is 8.99. The van der Waals surface area contributed by atoms with Crippen LogP contribution in [0, 0.1) is 11.8 Å². The molecule has 0 rings (SSSR count). The maximum absolute atomic E-state index is 12.6. The van der Waals surface area contributed by atoms with Crippen LogP contribution in [0.3, 0.4) is 0 Å². The first-order chi connectivity index (χ1) is 13.3. The van der Waals surface area contributed by atoms with Gasteiger partial charge >= 0.3 is 5.97 Å². The summed E-state index contributed by atoms with van der Waals surface area (Å²) in [4.78, 5) is 24.1. The van der Waals surface area contributed by atoms with Crippen molar-refractivity contribution >= 4 is 11.9 Å². The van der Waals surface area contributed by atoms with Gasteiger partial charge in [-0.3, -0.25) is 4.79 Å². The highest BCUT2D eigenvalue weighted by Gasteiger charge is 2.26. The van der Waals surface area contributed by atoms with Crippen molar-refractivity contribution in [2.75, 3.05) is 6.54 Å². The molecule has 0 saturated heterocycles. The van der Waals surface area contributed by atoms with Crippen LogP contribution in [0.5, 0.6) is 0 Å². The van der Waals surface area contributed by atoms with Crippen LogP contribution < -0.4 is 10.6 Å². The van der Waals surface area contributed by atoms with Gasteiger partial charge in [0.25, 0.3) is 0 Å². The predicted molar refractivity (Wildman–Crippen MR) is 117 cm³/mol. The second kappa shape index (κ2) is 16.8. The number of nitrogens with one attached hydrogen (secondary N) is 2. The van der Waals surface area contributed by atoms with Crippen LogP contribution in [0.4, 0.5) is 0 Å². The molecule has 5 heteroatoms. The number of rotatable bonds is 18. The minimum Gasteiger partial charge on any atom is -0.480 e. The van der Waals surface area contributed by atoms with Gasteiger partial charge in [-0.05, 0) is 37.6 Å². The molecule has 0 unspecified atom stereocenters. The summed E-state index contributed by atoms with van der Waals surface area (Å²) in [5.74, 6) is -0.540. The van der Waals surface area contributed by atoms with Gasteiger partial charge in [-0.2, -0.15) is 0 Å². The van der Waals surface area contributed by atoms with E-state index < -0.39 is 12.0 Å². The molecule has 0 radical (unpaired) electrons. The molecule has 0 aromatic rings. The second-order valence-electron chi connectivity index (χ2n) is 8.99. The Hall–Kier alpha value is -1.10. The van der Waals surface area contributed by atoms with Gasteiger partial charge in [0.1, 0.15) is 6.04 Å². The van der Waals surface area contributed by atoms with Gasteiger partial charge in [0.2, 0.25) is 5.91 Å².